The zero-order valence-corrected chi connectivity index (χ0v) is 12.2. The molecule has 0 saturated carbocycles. The Kier molecular flexibility index (Phi) is 3.43. The van der Waals surface area contributed by atoms with Gasteiger partial charge in [0.15, 0.2) is 0 Å². The van der Waals surface area contributed by atoms with Crippen molar-refractivity contribution in [3.8, 4) is 0 Å². The number of carbonyl (C=O) groups excluding carboxylic acids is 1. The van der Waals surface area contributed by atoms with Crippen LogP contribution in [0.5, 0.6) is 0 Å². The van der Waals surface area contributed by atoms with E-state index >= 15 is 0 Å². The Morgan fingerprint density at radius 2 is 2.10 bits per heavy atom. The van der Waals surface area contributed by atoms with Gasteiger partial charge in [0.2, 0.25) is 5.91 Å². The maximum atomic E-state index is 13.7. The molecule has 0 aliphatic carbocycles. The standard InChI is InChI=1S/C16H14ClFN2O/c1-8-2-3-9(5-13(8)18)16(19)11-4-10-6-15(21)20-14(10)7-12(11)17/h2-5,7,16H,6,19H2,1H3,(H,20,21). The lowest BCUT2D eigenvalue weighted by molar-refractivity contribution is -0.115. The fourth-order valence-corrected chi connectivity index (χ4v) is 2.77. The zero-order chi connectivity index (χ0) is 15.1. The summed E-state index contributed by atoms with van der Waals surface area (Å²) < 4.78 is 13.7. The van der Waals surface area contributed by atoms with Crippen LogP contribution in [-0.2, 0) is 11.2 Å². The summed E-state index contributed by atoms with van der Waals surface area (Å²) in [6.07, 6.45) is 0.314. The molecule has 0 fully saturated rings. The predicted molar refractivity (Wildman–Crippen MR) is 81.0 cm³/mol. The molecule has 21 heavy (non-hydrogen) atoms. The summed E-state index contributed by atoms with van der Waals surface area (Å²) in [5.74, 6) is -0.356. The number of benzene rings is 2. The van der Waals surface area contributed by atoms with E-state index in [0.29, 0.717) is 28.1 Å². The summed E-state index contributed by atoms with van der Waals surface area (Å²) in [5, 5.41) is 3.20. The second kappa shape index (κ2) is 5.13. The molecule has 0 spiro atoms. The summed E-state index contributed by atoms with van der Waals surface area (Å²) in [4.78, 5) is 11.4. The Labute approximate surface area is 126 Å². The summed E-state index contributed by atoms with van der Waals surface area (Å²) in [7, 11) is 0. The molecular weight excluding hydrogens is 291 g/mol. The molecular formula is C16H14ClFN2O. The van der Waals surface area contributed by atoms with Gasteiger partial charge in [-0.1, -0.05) is 23.7 Å². The van der Waals surface area contributed by atoms with Gasteiger partial charge in [-0.25, -0.2) is 4.39 Å². The molecule has 3 N–H and O–H groups in total. The lowest BCUT2D eigenvalue weighted by Crippen LogP contribution is -2.13. The van der Waals surface area contributed by atoms with Gasteiger partial charge in [0.25, 0.3) is 0 Å². The van der Waals surface area contributed by atoms with Crippen molar-refractivity contribution in [2.24, 2.45) is 5.73 Å². The maximum Gasteiger partial charge on any atom is 0.228 e. The van der Waals surface area contributed by atoms with E-state index in [4.69, 9.17) is 17.3 Å². The van der Waals surface area contributed by atoms with Gasteiger partial charge >= 0.3 is 0 Å². The molecule has 2 aromatic rings. The molecule has 2 aromatic carbocycles. The fourth-order valence-electron chi connectivity index (χ4n) is 2.49. The summed E-state index contributed by atoms with van der Waals surface area (Å²) in [5.41, 5.74) is 9.70. The highest BCUT2D eigenvalue weighted by atomic mass is 35.5. The molecule has 1 atom stereocenters. The minimum Gasteiger partial charge on any atom is -0.325 e. The quantitative estimate of drug-likeness (QED) is 0.894. The van der Waals surface area contributed by atoms with Crippen molar-refractivity contribution in [3.05, 3.63) is 63.4 Å². The molecule has 3 nitrogen and oxygen atoms in total. The molecule has 3 rings (SSSR count). The van der Waals surface area contributed by atoms with Gasteiger partial charge in [-0.15, -0.1) is 0 Å². The van der Waals surface area contributed by atoms with Crippen LogP contribution in [0.4, 0.5) is 10.1 Å². The number of fused-ring (bicyclic) bond motifs is 1. The van der Waals surface area contributed by atoms with E-state index in [0.717, 1.165) is 11.3 Å². The van der Waals surface area contributed by atoms with Crippen LogP contribution >= 0.6 is 11.6 Å². The molecule has 1 amide bonds. The van der Waals surface area contributed by atoms with Crippen molar-refractivity contribution < 1.29 is 9.18 Å². The number of amides is 1. The van der Waals surface area contributed by atoms with E-state index in [2.05, 4.69) is 5.32 Å². The van der Waals surface area contributed by atoms with Gasteiger partial charge in [-0.3, -0.25) is 4.79 Å². The molecule has 0 radical (unpaired) electrons. The monoisotopic (exact) mass is 304 g/mol. The van der Waals surface area contributed by atoms with Gasteiger partial charge in [-0.05, 0) is 47.4 Å². The molecule has 1 heterocycles. The Morgan fingerprint density at radius 3 is 2.81 bits per heavy atom. The summed E-state index contributed by atoms with van der Waals surface area (Å²) in [6.45, 7) is 1.70. The molecule has 0 bridgehead atoms. The van der Waals surface area contributed by atoms with Crippen LogP contribution in [-0.4, -0.2) is 5.91 Å². The molecule has 5 heteroatoms. The van der Waals surface area contributed by atoms with Crippen molar-refractivity contribution in [2.75, 3.05) is 5.32 Å². The fraction of sp³-hybridized carbons (Fsp3) is 0.188. The average molecular weight is 305 g/mol. The number of carbonyl (C=O) groups is 1. The van der Waals surface area contributed by atoms with Crippen molar-refractivity contribution >= 4 is 23.2 Å². The third-order valence-corrected chi connectivity index (χ3v) is 4.07. The zero-order valence-electron chi connectivity index (χ0n) is 11.4. The Balaban J connectivity index is 2.02. The maximum absolute atomic E-state index is 13.7. The lowest BCUT2D eigenvalue weighted by atomic mass is 9.96. The number of nitrogens with one attached hydrogen (secondary N) is 1. The van der Waals surface area contributed by atoms with Gasteiger partial charge in [0, 0.05) is 10.7 Å². The van der Waals surface area contributed by atoms with E-state index in [9.17, 15) is 9.18 Å². The minimum atomic E-state index is -0.534. The molecule has 0 aromatic heterocycles. The van der Waals surface area contributed by atoms with Gasteiger partial charge in [-0.2, -0.15) is 0 Å². The first-order valence-corrected chi connectivity index (χ1v) is 6.97. The molecule has 1 aliphatic rings. The highest BCUT2D eigenvalue weighted by Crippen LogP contribution is 2.34. The van der Waals surface area contributed by atoms with Crippen LogP contribution < -0.4 is 11.1 Å². The van der Waals surface area contributed by atoms with Crippen LogP contribution in [0.25, 0.3) is 0 Å². The van der Waals surface area contributed by atoms with Crippen molar-refractivity contribution in [1.29, 1.82) is 0 Å². The third kappa shape index (κ3) is 2.52. The van der Waals surface area contributed by atoms with E-state index in [-0.39, 0.29) is 11.7 Å². The number of hydrogen-bond acceptors (Lipinski definition) is 2. The number of rotatable bonds is 2. The normalized spacial score (nSPS) is 14.8. The van der Waals surface area contributed by atoms with Crippen LogP contribution in [0.15, 0.2) is 30.3 Å². The van der Waals surface area contributed by atoms with E-state index in [1.807, 2.05) is 6.07 Å². The largest absolute Gasteiger partial charge is 0.325 e. The second-order valence-electron chi connectivity index (χ2n) is 5.24. The summed E-state index contributed by atoms with van der Waals surface area (Å²) >= 11 is 6.25. The number of halogens is 2. The van der Waals surface area contributed by atoms with Crippen LogP contribution in [0.3, 0.4) is 0 Å². The van der Waals surface area contributed by atoms with Crippen LogP contribution in [0, 0.1) is 12.7 Å². The SMILES string of the molecule is Cc1ccc(C(N)c2cc3c(cc2Cl)NC(=O)C3)cc1F. The number of nitrogens with two attached hydrogens (primary N) is 1. The molecule has 1 aliphatic heterocycles. The molecule has 0 saturated heterocycles. The van der Waals surface area contributed by atoms with E-state index in [1.54, 1.807) is 25.1 Å². The van der Waals surface area contributed by atoms with Crippen LogP contribution in [0.1, 0.15) is 28.3 Å². The highest BCUT2D eigenvalue weighted by Gasteiger charge is 2.22. The number of anilines is 1. The first kappa shape index (κ1) is 14.0. The second-order valence-corrected chi connectivity index (χ2v) is 5.65. The highest BCUT2D eigenvalue weighted by molar-refractivity contribution is 6.32. The number of aryl methyl sites for hydroxylation is 1. The van der Waals surface area contributed by atoms with Gasteiger partial charge in [0.1, 0.15) is 5.82 Å². The number of hydrogen-bond donors (Lipinski definition) is 2. The van der Waals surface area contributed by atoms with Crippen molar-refractivity contribution in [2.45, 2.75) is 19.4 Å². The topological polar surface area (TPSA) is 55.1 Å². The first-order chi connectivity index (χ1) is 9.95. The lowest BCUT2D eigenvalue weighted by Gasteiger charge is -2.16. The summed E-state index contributed by atoms with van der Waals surface area (Å²) in [6, 6.07) is 7.88. The Morgan fingerprint density at radius 1 is 1.33 bits per heavy atom. The van der Waals surface area contributed by atoms with Gasteiger partial charge in [0.05, 0.1) is 12.5 Å². The third-order valence-electron chi connectivity index (χ3n) is 3.74. The van der Waals surface area contributed by atoms with Crippen molar-refractivity contribution in [1.82, 2.24) is 0 Å². The van der Waals surface area contributed by atoms with E-state index < -0.39 is 6.04 Å². The van der Waals surface area contributed by atoms with Gasteiger partial charge < -0.3 is 11.1 Å². The molecule has 1 unspecified atom stereocenters. The smallest absolute Gasteiger partial charge is 0.228 e. The molecule has 108 valence electrons. The van der Waals surface area contributed by atoms with E-state index in [1.165, 1.54) is 6.07 Å². The Bertz CT molecular complexity index is 745. The van der Waals surface area contributed by atoms with Crippen molar-refractivity contribution in [3.63, 3.8) is 0 Å². The van der Waals surface area contributed by atoms with Crippen LogP contribution in [0.2, 0.25) is 5.02 Å². The minimum absolute atomic E-state index is 0.0619. The predicted octanol–water partition coefficient (Wildman–Crippen LogP) is 3.33. The average Bonchev–Trinajstić information content (AvgIpc) is 2.79. The first-order valence-electron chi connectivity index (χ1n) is 6.59. The Hall–Kier alpha value is -1.91.